The van der Waals surface area contributed by atoms with Crippen LogP contribution in [-0.4, -0.2) is 49.2 Å². The molecule has 2 saturated heterocycles. The van der Waals surface area contributed by atoms with Gasteiger partial charge in [0.2, 0.25) is 0 Å². The van der Waals surface area contributed by atoms with E-state index in [0.29, 0.717) is 24.4 Å². The number of aryl methyl sites for hydroxylation is 1. The van der Waals surface area contributed by atoms with Crippen LogP contribution >= 0.6 is 0 Å². The van der Waals surface area contributed by atoms with E-state index in [1.807, 2.05) is 13.0 Å². The monoisotopic (exact) mass is 386 g/mol. The molecule has 6 heteroatoms. The molecule has 3 aliphatic heterocycles. The highest BCUT2D eigenvalue weighted by molar-refractivity contribution is 5.95. The number of nitrogens with one attached hydrogen (secondary N) is 1. The average Bonchev–Trinajstić information content (AvgIpc) is 2.68. The molecular formula is C22H30N2O4. The van der Waals surface area contributed by atoms with Gasteiger partial charge >= 0.3 is 5.63 Å². The fraction of sp³-hybridized carbons (Fsp3) is 0.636. The SMILES string of the molecule is CC1=CC2(CCN(C(=O)c3c(C)cc(C4CCCNC4)oc3=O)CC2)OCC1. The summed E-state index contributed by atoms with van der Waals surface area (Å²) in [5.74, 6) is 0.684. The number of hydrogen-bond donors (Lipinski definition) is 1. The first-order valence-electron chi connectivity index (χ1n) is 10.4. The minimum atomic E-state index is -0.504. The van der Waals surface area contributed by atoms with Crippen LogP contribution in [0.25, 0.3) is 0 Å². The quantitative estimate of drug-likeness (QED) is 0.792. The number of nitrogens with zero attached hydrogens (tertiary/aromatic N) is 1. The molecule has 1 atom stereocenters. The Morgan fingerprint density at radius 1 is 1.29 bits per heavy atom. The average molecular weight is 386 g/mol. The minimum absolute atomic E-state index is 0.180. The molecule has 1 spiro atoms. The third-order valence-electron chi connectivity index (χ3n) is 6.37. The summed E-state index contributed by atoms with van der Waals surface area (Å²) < 4.78 is 11.6. The summed E-state index contributed by atoms with van der Waals surface area (Å²) in [6.07, 6.45) is 6.82. The molecule has 4 heterocycles. The van der Waals surface area contributed by atoms with Gasteiger partial charge in [-0.3, -0.25) is 4.79 Å². The molecule has 6 nitrogen and oxygen atoms in total. The molecule has 0 bridgehead atoms. The number of rotatable bonds is 2. The van der Waals surface area contributed by atoms with Crippen molar-refractivity contribution in [1.82, 2.24) is 10.2 Å². The van der Waals surface area contributed by atoms with Crippen LogP contribution in [-0.2, 0) is 4.74 Å². The van der Waals surface area contributed by atoms with Gasteiger partial charge < -0.3 is 19.4 Å². The number of likely N-dealkylation sites (tertiary alicyclic amines) is 1. The second kappa shape index (κ2) is 7.84. The molecule has 152 valence electrons. The van der Waals surface area contributed by atoms with Crippen molar-refractivity contribution in [2.75, 3.05) is 32.8 Å². The first kappa shape index (κ1) is 19.4. The van der Waals surface area contributed by atoms with Crippen LogP contribution in [0.4, 0.5) is 0 Å². The Morgan fingerprint density at radius 2 is 2.07 bits per heavy atom. The maximum Gasteiger partial charge on any atom is 0.349 e. The summed E-state index contributed by atoms with van der Waals surface area (Å²) >= 11 is 0. The van der Waals surface area contributed by atoms with Crippen LogP contribution in [0.2, 0.25) is 0 Å². The molecule has 1 N–H and O–H groups in total. The predicted octanol–water partition coefficient (Wildman–Crippen LogP) is 2.76. The van der Waals surface area contributed by atoms with Crippen molar-refractivity contribution in [2.45, 2.75) is 57.5 Å². The van der Waals surface area contributed by atoms with Crippen molar-refractivity contribution in [3.05, 3.63) is 45.0 Å². The van der Waals surface area contributed by atoms with Crippen LogP contribution < -0.4 is 10.9 Å². The van der Waals surface area contributed by atoms with E-state index in [1.54, 1.807) is 4.90 Å². The van der Waals surface area contributed by atoms with Gasteiger partial charge in [-0.1, -0.05) is 11.6 Å². The van der Waals surface area contributed by atoms with E-state index in [0.717, 1.165) is 51.8 Å². The zero-order valence-corrected chi connectivity index (χ0v) is 16.9. The lowest BCUT2D eigenvalue weighted by atomic mass is 9.86. The molecule has 1 unspecified atom stereocenters. The van der Waals surface area contributed by atoms with Crippen LogP contribution in [0.5, 0.6) is 0 Å². The van der Waals surface area contributed by atoms with E-state index < -0.39 is 5.63 Å². The maximum atomic E-state index is 13.1. The highest BCUT2D eigenvalue weighted by Crippen LogP contribution is 2.33. The largest absolute Gasteiger partial charge is 0.427 e. The fourth-order valence-corrected chi connectivity index (χ4v) is 4.70. The number of carbonyl (C=O) groups is 1. The van der Waals surface area contributed by atoms with E-state index >= 15 is 0 Å². The molecule has 0 saturated carbocycles. The van der Waals surface area contributed by atoms with Crippen LogP contribution in [0.1, 0.15) is 66.6 Å². The highest BCUT2D eigenvalue weighted by Gasteiger charge is 2.37. The number of ether oxygens (including phenoxy) is 1. The number of amides is 1. The fourth-order valence-electron chi connectivity index (χ4n) is 4.70. The molecule has 3 aliphatic rings. The van der Waals surface area contributed by atoms with E-state index in [4.69, 9.17) is 9.15 Å². The topological polar surface area (TPSA) is 71.8 Å². The molecule has 2 fully saturated rings. The summed E-state index contributed by atoms with van der Waals surface area (Å²) in [7, 11) is 0. The van der Waals surface area contributed by atoms with Gasteiger partial charge in [-0.25, -0.2) is 4.79 Å². The second-order valence-corrected chi connectivity index (χ2v) is 8.48. The summed E-state index contributed by atoms with van der Waals surface area (Å²) in [4.78, 5) is 27.5. The zero-order chi connectivity index (χ0) is 19.7. The van der Waals surface area contributed by atoms with Crippen molar-refractivity contribution in [3.8, 4) is 0 Å². The Kier molecular flexibility index (Phi) is 5.43. The van der Waals surface area contributed by atoms with Crippen molar-refractivity contribution in [3.63, 3.8) is 0 Å². The summed E-state index contributed by atoms with van der Waals surface area (Å²) in [5, 5.41) is 3.34. The lowest BCUT2D eigenvalue weighted by Gasteiger charge is -2.42. The minimum Gasteiger partial charge on any atom is -0.427 e. The van der Waals surface area contributed by atoms with E-state index in [-0.39, 0.29) is 23.0 Å². The number of carbonyl (C=O) groups excluding carboxylic acids is 1. The molecular weight excluding hydrogens is 356 g/mol. The van der Waals surface area contributed by atoms with Gasteiger partial charge in [0.05, 0.1) is 12.2 Å². The molecule has 0 radical (unpaired) electrons. The third-order valence-corrected chi connectivity index (χ3v) is 6.37. The van der Waals surface area contributed by atoms with Crippen LogP contribution in [0, 0.1) is 6.92 Å². The summed E-state index contributed by atoms with van der Waals surface area (Å²) in [6.45, 7) is 7.73. The first-order chi connectivity index (χ1) is 13.5. The lowest BCUT2D eigenvalue weighted by molar-refractivity contribution is -0.0522. The van der Waals surface area contributed by atoms with Gasteiger partial charge in [-0.05, 0) is 64.1 Å². The van der Waals surface area contributed by atoms with Crippen molar-refractivity contribution in [2.24, 2.45) is 0 Å². The van der Waals surface area contributed by atoms with Gasteiger partial charge in [0.1, 0.15) is 11.3 Å². The molecule has 28 heavy (non-hydrogen) atoms. The van der Waals surface area contributed by atoms with Gasteiger partial charge in [0.15, 0.2) is 0 Å². The molecule has 0 aromatic carbocycles. The summed E-state index contributed by atoms with van der Waals surface area (Å²) in [5.41, 5.74) is 1.51. The summed E-state index contributed by atoms with van der Waals surface area (Å²) in [6, 6.07) is 1.88. The molecule has 4 rings (SSSR count). The Morgan fingerprint density at radius 3 is 2.71 bits per heavy atom. The Labute approximate surface area is 165 Å². The van der Waals surface area contributed by atoms with Gasteiger partial charge in [0.25, 0.3) is 5.91 Å². The molecule has 1 amide bonds. The lowest BCUT2D eigenvalue weighted by Crippen LogP contribution is -2.49. The van der Waals surface area contributed by atoms with Gasteiger partial charge in [-0.2, -0.15) is 0 Å². The normalized spacial score (nSPS) is 24.9. The smallest absolute Gasteiger partial charge is 0.349 e. The van der Waals surface area contributed by atoms with Crippen LogP contribution in [0.15, 0.2) is 26.9 Å². The Bertz CT molecular complexity index is 827. The van der Waals surface area contributed by atoms with Crippen molar-refractivity contribution >= 4 is 5.91 Å². The van der Waals surface area contributed by atoms with E-state index in [1.165, 1.54) is 5.57 Å². The van der Waals surface area contributed by atoms with Gasteiger partial charge in [-0.15, -0.1) is 0 Å². The van der Waals surface area contributed by atoms with Crippen LogP contribution in [0.3, 0.4) is 0 Å². The standard InChI is InChI=1S/C22H30N2O4/c1-15-5-11-27-22(13-15)6-9-24(10-7-22)20(25)19-16(2)12-18(28-21(19)26)17-4-3-8-23-14-17/h12-13,17,23H,3-11,14H2,1-2H3. The molecule has 1 aromatic heterocycles. The first-order valence-corrected chi connectivity index (χ1v) is 10.4. The van der Waals surface area contributed by atoms with E-state index in [2.05, 4.69) is 18.3 Å². The zero-order valence-electron chi connectivity index (χ0n) is 16.9. The predicted molar refractivity (Wildman–Crippen MR) is 107 cm³/mol. The Balaban J connectivity index is 1.49. The maximum absolute atomic E-state index is 13.1. The third kappa shape index (κ3) is 3.80. The number of hydrogen-bond acceptors (Lipinski definition) is 5. The van der Waals surface area contributed by atoms with E-state index in [9.17, 15) is 9.59 Å². The molecule has 0 aliphatic carbocycles. The molecule has 1 aromatic rings. The van der Waals surface area contributed by atoms with Gasteiger partial charge in [0, 0.05) is 25.6 Å². The van der Waals surface area contributed by atoms with Crippen molar-refractivity contribution < 1.29 is 13.9 Å². The Hall–Kier alpha value is -1.92. The highest BCUT2D eigenvalue weighted by atomic mass is 16.5. The number of piperidine rings is 2. The second-order valence-electron chi connectivity index (χ2n) is 8.48. The van der Waals surface area contributed by atoms with Crippen molar-refractivity contribution in [1.29, 1.82) is 0 Å².